The fraction of sp³-hybridized carbons (Fsp3) is 0.158. The van der Waals surface area contributed by atoms with Gasteiger partial charge in [0.2, 0.25) is 0 Å². The van der Waals surface area contributed by atoms with E-state index in [9.17, 15) is 9.59 Å². The second-order valence-electron chi connectivity index (χ2n) is 5.73. The minimum Gasteiger partial charge on any atom is -0.496 e. The van der Waals surface area contributed by atoms with Crippen molar-refractivity contribution < 1.29 is 18.7 Å². The number of hydrogen-bond acceptors (Lipinski definition) is 7. The Labute approximate surface area is 159 Å². The number of fused-ring (bicyclic) bond motifs is 1. The second-order valence-corrected chi connectivity index (χ2v) is 6.78. The Kier molecular flexibility index (Phi) is 4.64. The Morgan fingerprint density at radius 3 is 2.26 bits per heavy atom. The summed E-state index contributed by atoms with van der Waals surface area (Å²) < 4.78 is 11.0. The smallest absolute Gasteiger partial charge is 0.276 e. The number of para-hydroxylation sites is 1. The summed E-state index contributed by atoms with van der Waals surface area (Å²) in [7, 11) is 1.58. The van der Waals surface area contributed by atoms with Crippen LogP contribution in [0.15, 0.2) is 58.2 Å². The SMILES string of the molecule is COc1ccccc1-c1nnc(SCCN2C(=O)c3ccccc3C2=O)o1. The highest BCUT2D eigenvalue weighted by atomic mass is 32.2. The molecule has 1 aromatic heterocycles. The first-order valence-corrected chi connectivity index (χ1v) is 9.22. The van der Waals surface area contributed by atoms with E-state index >= 15 is 0 Å². The van der Waals surface area contributed by atoms with E-state index in [4.69, 9.17) is 9.15 Å². The molecule has 136 valence electrons. The normalized spacial score (nSPS) is 13.1. The maximum atomic E-state index is 12.3. The average molecular weight is 381 g/mol. The Balaban J connectivity index is 1.40. The predicted octanol–water partition coefficient (Wildman–Crippen LogP) is 3.13. The van der Waals surface area contributed by atoms with E-state index in [0.29, 0.717) is 39.3 Å². The van der Waals surface area contributed by atoms with Crippen molar-refractivity contribution >= 4 is 23.6 Å². The van der Waals surface area contributed by atoms with Crippen molar-refractivity contribution in [3.8, 4) is 17.2 Å². The molecule has 0 aliphatic carbocycles. The Morgan fingerprint density at radius 1 is 0.963 bits per heavy atom. The van der Waals surface area contributed by atoms with Crippen molar-refractivity contribution in [2.75, 3.05) is 19.4 Å². The van der Waals surface area contributed by atoms with Gasteiger partial charge in [0, 0.05) is 12.3 Å². The summed E-state index contributed by atoms with van der Waals surface area (Å²) in [6, 6.07) is 14.2. The number of aromatic nitrogens is 2. The maximum Gasteiger partial charge on any atom is 0.276 e. The van der Waals surface area contributed by atoms with Crippen LogP contribution in [0, 0.1) is 0 Å². The molecule has 3 aromatic rings. The van der Waals surface area contributed by atoms with Gasteiger partial charge in [0.1, 0.15) is 5.75 Å². The summed E-state index contributed by atoms with van der Waals surface area (Å²) in [5, 5.41) is 8.42. The van der Waals surface area contributed by atoms with Crippen LogP contribution in [0.1, 0.15) is 20.7 Å². The number of carbonyl (C=O) groups is 2. The number of benzene rings is 2. The van der Waals surface area contributed by atoms with Crippen LogP contribution in [0.5, 0.6) is 5.75 Å². The van der Waals surface area contributed by atoms with Crippen LogP contribution in [0.4, 0.5) is 0 Å². The number of nitrogens with zero attached hydrogens (tertiary/aromatic N) is 3. The zero-order chi connectivity index (χ0) is 18.8. The van der Waals surface area contributed by atoms with Crippen molar-refractivity contribution in [2.45, 2.75) is 5.22 Å². The lowest BCUT2D eigenvalue weighted by atomic mass is 10.1. The molecule has 0 bridgehead atoms. The van der Waals surface area contributed by atoms with Crippen LogP contribution < -0.4 is 4.74 Å². The summed E-state index contributed by atoms with van der Waals surface area (Å²) in [4.78, 5) is 25.9. The van der Waals surface area contributed by atoms with Crippen LogP contribution >= 0.6 is 11.8 Å². The number of amides is 2. The first-order valence-electron chi connectivity index (χ1n) is 8.24. The largest absolute Gasteiger partial charge is 0.496 e. The van der Waals surface area contributed by atoms with Gasteiger partial charge >= 0.3 is 0 Å². The van der Waals surface area contributed by atoms with E-state index in [2.05, 4.69) is 10.2 Å². The van der Waals surface area contributed by atoms with Gasteiger partial charge in [-0.05, 0) is 24.3 Å². The van der Waals surface area contributed by atoms with E-state index in [-0.39, 0.29) is 18.4 Å². The van der Waals surface area contributed by atoms with E-state index in [1.807, 2.05) is 24.3 Å². The van der Waals surface area contributed by atoms with Crippen LogP contribution in [0.2, 0.25) is 0 Å². The van der Waals surface area contributed by atoms with Gasteiger partial charge in [-0.1, -0.05) is 36.0 Å². The molecule has 0 atom stereocenters. The summed E-state index contributed by atoms with van der Waals surface area (Å²) in [6.45, 7) is 0.267. The Morgan fingerprint density at radius 2 is 1.59 bits per heavy atom. The highest BCUT2D eigenvalue weighted by Crippen LogP contribution is 2.30. The van der Waals surface area contributed by atoms with Crippen LogP contribution in [0.25, 0.3) is 11.5 Å². The molecule has 0 radical (unpaired) electrons. The molecule has 0 saturated heterocycles. The number of methoxy groups -OCH3 is 1. The number of thioether (sulfide) groups is 1. The Hall–Kier alpha value is -3.13. The number of carbonyl (C=O) groups excluding carboxylic acids is 2. The quantitative estimate of drug-likeness (QED) is 0.479. The lowest BCUT2D eigenvalue weighted by Gasteiger charge is -2.12. The summed E-state index contributed by atoms with van der Waals surface area (Å²) in [5.41, 5.74) is 1.60. The van der Waals surface area contributed by atoms with Crippen LogP contribution in [-0.4, -0.2) is 46.3 Å². The third-order valence-electron chi connectivity index (χ3n) is 4.16. The molecule has 7 nitrogen and oxygen atoms in total. The van der Waals surface area contributed by atoms with Gasteiger partial charge in [0.25, 0.3) is 22.9 Å². The third kappa shape index (κ3) is 3.19. The van der Waals surface area contributed by atoms with Crippen molar-refractivity contribution in [3.05, 3.63) is 59.7 Å². The van der Waals surface area contributed by atoms with Gasteiger partial charge in [-0.15, -0.1) is 10.2 Å². The molecule has 4 rings (SSSR count). The average Bonchev–Trinajstić information content (AvgIpc) is 3.27. The van der Waals surface area contributed by atoms with Crippen LogP contribution in [0.3, 0.4) is 0 Å². The van der Waals surface area contributed by atoms with Crippen molar-refractivity contribution in [3.63, 3.8) is 0 Å². The first kappa shape index (κ1) is 17.3. The molecule has 0 fully saturated rings. The van der Waals surface area contributed by atoms with Crippen molar-refractivity contribution in [1.29, 1.82) is 0 Å². The Bertz CT molecular complexity index is 982. The predicted molar refractivity (Wildman–Crippen MR) is 98.8 cm³/mol. The molecule has 0 saturated carbocycles. The van der Waals surface area contributed by atoms with Crippen molar-refractivity contribution in [2.24, 2.45) is 0 Å². The van der Waals surface area contributed by atoms with Gasteiger partial charge in [0.15, 0.2) is 0 Å². The lowest BCUT2D eigenvalue weighted by molar-refractivity contribution is 0.0664. The number of ether oxygens (including phenoxy) is 1. The zero-order valence-corrected chi connectivity index (χ0v) is 15.2. The number of rotatable bonds is 6. The number of imide groups is 1. The molecule has 0 unspecified atom stereocenters. The maximum absolute atomic E-state index is 12.3. The minimum absolute atomic E-state index is 0.267. The molecule has 1 aliphatic rings. The summed E-state index contributed by atoms with van der Waals surface area (Å²) >= 11 is 1.29. The molecule has 2 amide bonds. The summed E-state index contributed by atoms with van der Waals surface area (Å²) in [6.07, 6.45) is 0. The van der Waals surface area contributed by atoms with E-state index in [1.165, 1.54) is 16.7 Å². The second kappa shape index (κ2) is 7.24. The summed E-state index contributed by atoms with van der Waals surface area (Å²) in [5.74, 6) is 0.922. The fourth-order valence-corrected chi connectivity index (χ4v) is 3.55. The van der Waals surface area contributed by atoms with E-state index in [0.717, 1.165) is 0 Å². The highest BCUT2D eigenvalue weighted by Gasteiger charge is 2.34. The molecule has 8 heteroatoms. The van der Waals surface area contributed by atoms with Gasteiger partial charge in [-0.25, -0.2) is 0 Å². The standard InChI is InChI=1S/C19H15N3O4S/c1-25-15-9-5-4-8-14(15)16-20-21-19(26-16)27-11-10-22-17(23)12-6-2-3-7-13(12)18(22)24/h2-9H,10-11H2,1H3. The number of hydrogen-bond donors (Lipinski definition) is 0. The fourth-order valence-electron chi connectivity index (χ4n) is 2.86. The topological polar surface area (TPSA) is 85.5 Å². The highest BCUT2D eigenvalue weighted by molar-refractivity contribution is 7.99. The molecule has 0 N–H and O–H groups in total. The van der Waals surface area contributed by atoms with Crippen LogP contribution in [-0.2, 0) is 0 Å². The molecule has 2 heterocycles. The van der Waals surface area contributed by atoms with Crippen molar-refractivity contribution in [1.82, 2.24) is 15.1 Å². The van der Waals surface area contributed by atoms with E-state index < -0.39 is 0 Å². The zero-order valence-electron chi connectivity index (χ0n) is 14.4. The molecular weight excluding hydrogens is 366 g/mol. The van der Waals surface area contributed by atoms with Gasteiger partial charge < -0.3 is 9.15 Å². The molecular formula is C19H15N3O4S. The molecule has 27 heavy (non-hydrogen) atoms. The van der Waals surface area contributed by atoms with Gasteiger partial charge in [-0.2, -0.15) is 0 Å². The first-order chi connectivity index (χ1) is 13.2. The van der Waals surface area contributed by atoms with Gasteiger partial charge in [0.05, 0.1) is 23.8 Å². The minimum atomic E-state index is -0.267. The van der Waals surface area contributed by atoms with E-state index in [1.54, 1.807) is 31.4 Å². The molecule has 2 aromatic carbocycles. The molecule has 1 aliphatic heterocycles. The molecule has 0 spiro atoms. The van der Waals surface area contributed by atoms with Gasteiger partial charge in [-0.3, -0.25) is 14.5 Å². The lowest BCUT2D eigenvalue weighted by Crippen LogP contribution is -2.31. The third-order valence-corrected chi connectivity index (χ3v) is 4.96. The monoisotopic (exact) mass is 381 g/mol.